The molecule has 0 aromatic heterocycles. The van der Waals surface area contributed by atoms with Crippen molar-refractivity contribution in [2.24, 2.45) is 5.92 Å². The van der Waals surface area contributed by atoms with E-state index in [4.69, 9.17) is 16.3 Å². The molecule has 2 N–H and O–H groups in total. The van der Waals surface area contributed by atoms with Crippen LogP contribution in [-0.2, 0) is 15.1 Å². The molecular weight excluding hydrogens is 450 g/mol. The fourth-order valence-electron chi connectivity index (χ4n) is 5.02. The Morgan fingerprint density at radius 2 is 1.94 bits per heavy atom. The number of aliphatic hydroxyl groups is 2. The number of methoxy groups -OCH3 is 1. The van der Waals surface area contributed by atoms with E-state index in [0.29, 0.717) is 43.9 Å². The maximum absolute atomic E-state index is 12.9. The minimum absolute atomic E-state index is 0.0447. The first-order chi connectivity index (χ1) is 16.2. The number of hydrogen-bond donors (Lipinski definition) is 2. The molecule has 0 spiro atoms. The molecule has 1 unspecified atom stereocenters. The third kappa shape index (κ3) is 6.60. The predicted molar refractivity (Wildman–Crippen MR) is 137 cm³/mol. The molecule has 0 saturated heterocycles. The average Bonchev–Trinajstić information content (AvgIpc) is 3.26. The predicted octanol–water partition coefficient (Wildman–Crippen LogP) is 5.33. The van der Waals surface area contributed by atoms with Crippen LogP contribution in [0.5, 0.6) is 0 Å². The van der Waals surface area contributed by atoms with Gasteiger partial charge < -0.3 is 19.8 Å². The quantitative estimate of drug-likeness (QED) is 0.420. The lowest BCUT2D eigenvalue weighted by Crippen LogP contribution is -2.37. The van der Waals surface area contributed by atoms with Crippen molar-refractivity contribution in [1.29, 1.82) is 0 Å². The number of carbonyl (C=O) groups is 1. The van der Waals surface area contributed by atoms with Crippen molar-refractivity contribution in [3.8, 4) is 11.1 Å². The van der Waals surface area contributed by atoms with Gasteiger partial charge in [0, 0.05) is 43.8 Å². The molecule has 2 aromatic carbocycles. The second kappa shape index (κ2) is 12.2. The van der Waals surface area contributed by atoms with Crippen molar-refractivity contribution in [1.82, 2.24) is 4.90 Å². The molecular formula is C28H38ClNO4. The van der Waals surface area contributed by atoms with Gasteiger partial charge in [0.15, 0.2) is 0 Å². The third-order valence-corrected chi connectivity index (χ3v) is 7.32. The van der Waals surface area contributed by atoms with Crippen LogP contribution in [0.2, 0.25) is 5.02 Å². The van der Waals surface area contributed by atoms with Crippen molar-refractivity contribution in [2.45, 2.75) is 63.6 Å². The lowest BCUT2D eigenvalue weighted by molar-refractivity contribution is -0.135. The first-order valence-corrected chi connectivity index (χ1v) is 12.6. The van der Waals surface area contributed by atoms with Gasteiger partial charge in [0.05, 0.1) is 11.7 Å². The van der Waals surface area contributed by atoms with Gasteiger partial charge in [-0.1, -0.05) is 53.6 Å². The van der Waals surface area contributed by atoms with Crippen molar-refractivity contribution in [2.75, 3.05) is 27.3 Å². The summed E-state index contributed by atoms with van der Waals surface area (Å²) in [4.78, 5) is 14.6. The van der Waals surface area contributed by atoms with Crippen LogP contribution >= 0.6 is 11.6 Å². The van der Waals surface area contributed by atoms with Crippen molar-refractivity contribution in [3.05, 3.63) is 58.6 Å². The number of hydrogen-bond acceptors (Lipinski definition) is 4. The van der Waals surface area contributed by atoms with E-state index >= 15 is 0 Å². The Kier molecular flexibility index (Phi) is 9.55. The Morgan fingerprint density at radius 3 is 2.62 bits per heavy atom. The normalized spacial score (nSPS) is 19.7. The van der Waals surface area contributed by atoms with E-state index < -0.39 is 5.60 Å². The molecule has 0 bridgehead atoms. The summed E-state index contributed by atoms with van der Waals surface area (Å²) in [6.07, 6.45) is 4.10. The van der Waals surface area contributed by atoms with Crippen LogP contribution in [0.15, 0.2) is 42.5 Å². The molecule has 34 heavy (non-hydrogen) atoms. The Labute approximate surface area is 208 Å². The number of ether oxygens (including phenoxy) is 1. The highest BCUT2D eigenvalue weighted by Gasteiger charge is 2.35. The first kappa shape index (κ1) is 26.7. The number of unbranched alkanes of at least 4 members (excludes halogenated alkanes) is 1. The smallest absolute Gasteiger partial charge is 0.225 e. The third-order valence-electron chi connectivity index (χ3n) is 7.00. The Morgan fingerprint density at radius 1 is 1.18 bits per heavy atom. The number of benzene rings is 2. The molecule has 3 atom stereocenters. The summed E-state index contributed by atoms with van der Waals surface area (Å²) in [5, 5.41) is 22.5. The highest BCUT2D eigenvalue weighted by Crippen LogP contribution is 2.41. The van der Waals surface area contributed by atoms with Gasteiger partial charge in [0.25, 0.3) is 0 Å². The van der Waals surface area contributed by atoms with Gasteiger partial charge in [-0.2, -0.15) is 0 Å². The van der Waals surface area contributed by atoms with E-state index in [1.54, 1.807) is 19.1 Å². The second-order valence-corrected chi connectivity index (χ2v) is 10.1. The van der Waals surface area contributed by atoms with Crippen LogP contribution in [0.4, 0.5) is 0 Å². The maximum atomic E-state index is 12.9. The van der Waals surface area contributed by atoms with Crippen LogP contribution in [0.1, 0.15) is 56.1 Å². The summed E-state index contributed by atoms with van der Waals surface area (Å²) in [6, 6.07) is 13.8. The molecule has 6 heteroatoms. The summed E-state index contributed by atoms with van der Waals surface area (Å²) < 4.78 is 5.21. The summed E-state index contributed by atoms with van der Waals surface area (Å²) >= 11 is 6.70. The number of halogens is 1. The Balaban J connectivity index is 1.88. The van der Waals surface area contributed by atoms with E-state index in [0.717, 1.165) is 41.5 Å². The van der Waals surface area contributed by atoms with E-state index in [-0.39, 0.29) is 17.9 Å². The van der Waals surface area contributed by atoms with Crippen molar-refractivity contribution in [3.63, 3.8) is 0 Å². The zero-order chi connectivity index (χ0) is 24.7. The number of carbonyl (C=O) groups excluding carboxylic acids is 1. The van der Waals surface area contributed by atoms with Crippen molar-refractivity contribution < 1.29 is 19.7 Å². The molecule has 3 rings (SSSR count). The number of rotatable bonds is 11. The van der Waals surface area contributed by atoms with E-state index in [1.807, 2.05) is 43.3 Å². The van der Waals surface area contributed by atoms with Gasteiger partial charge in [-0.25, -0.2) is 0 Å². The van der Waals surface area contributed by atoms with Crippen LogP contribution < -0.4 is 0 Å². The molecule has 186 valence electrons. The Bertz CT molecular complexity index is 965. The van der Waals surface area contributed by atoms with Crippen LogP contribution in [0.25, 0.3) is 11.1 Å². The van der Waals surface area contributed by atoms with Gasteiger partial charge in [-0.05, 0) is 69.1 Å². The van der Waals surface area contributed by atoms with E-state index in [2.05, 4.69) is 6.07 Å². The molecule has 5 nitrogen and oxygen atoms in total. The van der Waals surface area contributed by atoms with Gasteiger partial charge in [0.2, 0.25) is 5.91 Å². The lowest BCUT2D eigenvalue weighted by atomic mass is 9.81. The standard InChI is InChI=1S/C28H38ClNO4/c1-20-8-6-9-21(18-20)26-24(10-7-11-25(26)29)28(33,14-4-5-17-34-3)15-16-30(2)27(32)22-12-13-23(31)19-22/h6-11,18,22-23,31,33H,4-5,12-17,19H2,1-3H3/t22-,23+,28?/m1/s1. The fraction of sp³-hybridized carbons (Fsp3) is 0.536. The molecule has 2 aromatic rings. The average molecular weight is 488 g/mol. The van der Waals surface area contributed by atoms with E-state index in [1.165, 1.54) is 0 Å². The first-order valence-electron chi connectivity index (χ1n) is 12.3. The lowest BCUT2D eigenvalue weighted by Gasteiger charge is -2.33. The minimum atomic E-state index is -1.15. The van der Waals surface area contributed by atoms with Crippen LogP contribution in [0, 0.1) is 12.8 Å². The van der Waals surface area contributed by atoms with Gasteiger partial charge in [-0.3, -0.25) is 4.79 Å². The zero-order valence-electron chi connectivity index (χ0n) is 20.6. The van der Waals surface area contributed by atoms with Crippen LogP contribution in [0.3, 0.4) is 0 Å². The van der Waals surface area contributed by atoms with Gasteiger partial charge in [0.1, 0.15) is 0 Å². The number of nitrogens with zero attached hydrogens (tertiary/aromatic N) is 1. The number of amides is 1. The highest BCUT2D eigenvalue weighted by atomic mass is 35.5. The van der Waals surface area contributed by atoms with Gasteiger partial charge >= 0.3 is 0 Å². The fourth-order valence-corrected chi connectivity index (χ4v) is 5.30. The second-order valence-electron chi connectivity index (χ2n) is 9.69. The number of aliphatic hydroxyl groups excluding tert-OH is 1. The molecule has 1 aliphatic carbocycles. The summed E-state index contributed by atoms with van der Waals surface area (Å²) in [5.74, 6) is -0.0906. The zero-order valence-corrected chi connectivity index (χ0v) is 21.4. The molecule has 1 saturated carbocycles. The highest BCUT2D eigenvalue weighted by molar-refractivity contribution is 6.33. The molecule has 1 amide bonds. The molecule has 0 aliphatic heterocycles. The molecule has 0 heterocycles. The molecule has 0 radical (unpaired) electrons. The van der Waals surface area contributed by atoms with Crippen LogP contribution in [-0.4, -0.2) is 54.4 Å². The molecule has 1 fully saturated rings. The molecule has 1 aliphatic rings. The monoisotopic (exact) mass is 487 g/mol. The number of aryl methyl sites for hydroxylation is 1. The summed E-state index contributed by atoms with van der Waals surface area (Å²) in [5.41, 5.74) is 2.58. The summed E-state index contributed by atoms with van der Waals surface area (Å²) in [6.45, 7) is 3.10. The maximum Gasteiger partial charge on any atom is 0.225 e. The minimum Gasteiger partial charge on any atom is -0.393 e. The largest absolute Gasteiger partial charge is 0.393 e. The summed E-state index contributed by atoms with van der Waals surface area (Å²) in [7, 11) is 3.47. The topological polar surface area (TPSA) is 70.0 Å². The Hall–Kier alpha value is -1.92. The van der Waals surface area contributed by atoms with E-state index in [9.17, 15) is 15.0 Å². The van der Waals surface area contributed by atoms with Crippen molar-refractivity contribution >= 4 is 17.5 Å². The van der Waals surface area contributed by atoms with Gasteiger partial charge in [-0.15, -0.1) is 0 Å². The SMILES string of the molecule is COCCCCC(O)(CCN(C)C(=O)[C@@H]1CC[C@H](O)C1)c1cccc(Cl)c1-c1cccc(C)c1.